The lowest BCUT2D eigenvalue weighted by Crippen LogP contribution is -2.42. The van der Waals surface area contributed by atoms with E-state index < -0.39 is 0 Å². The number of aromatic nitrogens is 2. The molecule has 3 heterocycles. The first-order chi connectivity index (χ1) is 15.0. The number of nitrogens with zero attached hydrogens (tertiary/aromatic N) is 3. The maximum Gasteiger partial charge on any atom is 0.261 e. The van der Waals surface area contributed by atoms with Crippen molar-refractivity contribution < 1.29 is 14.3 Å². The first-order valence-corrected chi connectivity index (χ1v) is 11.0. The quantitative estimate of drug-likeness (QED) is 0.590. The molecule has 162 valence electrons. The minimum absolute atomic E-state index is 0.0440. The average Bonchev–Trinajstić information content (AvgIpc) is 3.39. The molecule has 1 aliphatic rings. The molecule has 0 atom stereocenters. The maximum atomic E-state index is 12.3. The Morgan fingerprint density at radius 3 is 2.87 bits per heavy atom. The van der Waals surface area contributed by atoms with Gasteiger partial charge in [-0.1, -0.05) is 11.6 Å². The van der Waals surface area contributed by atoms with Gasteiger partial charge in [0.15, 0.2) is 0 Å². The number of benzene rings is 1. The number of aryl methyl sites for hydroxylation is 1. The van der Waals surface area contributed by atoms with Crippen molar-refractivity contribution in [1.29, 1.82) is 0 Å². The zero-order chi connectivity index (χ0) is 22.0. The largest absolute Gasteiger partial charge is 0.370 e. The number of anilines is 1. The first-order valence-electron chi connectivity index (χ1n) is 9.76. The molecule has 0 unspecified atom stereocenters. The standard InChI is InChI=1S/C21H22ClN5O3S/c1-13-8-15(2-3-16(13)26-6-7-30-12-20(26)28)27-11-14(25-19(27)9-23)10-24-21(29)17-4-5-18(22)31-17/h2-5,8,11H,6-7,9-10,12,23H2,1H3,(H,24,29). The molecular weight excluding hydrogens is 438 g/mol. The van der Waals surface area contributed by atoms with E-state index in [1.165, 1.54) is 11.3 Å². The van der Waals surface area contributed by atoms with Crippen molar-refractivity contribution in [2.45, 2.75) is 20.0 Å². The van der Waals surface area contributed by atoms with E-state index in [2.05, 4.69) is 10.3 Å². The third-order valence-corrected chi connectivity index (χ3v) is 6.20. The summed E-state index contributed by atoms with van der Waals surface area (Å²) in [6.45, 7) is 3.65. The third-order valence-electron chi connectivity index (χ3n) is 4.97. The van der Waals surface area contributed by atoms with Crippen LogP contribution in [0.25, 0.3) is 5.69 Å². The van der Waals surface area contributed by atoms with E-state index in [4.69, 9.17) is 22.1 Å². The molecule has 2 aromatic heterocycles. The highest BCUT2D eigenvalue weighted by Gasteiger charge is 2.22. The average molecular weight is 460 g/mol. The van der Waals surface area contributed by atoms with Crippen LogP contribution in [0.5, 0.6) is 0 Å². The molecule has 1 saturated heterocycles. The number of rotatable bonds is 6. The topological polar surface area (TPSA) is 102 Å². The van der Waals surface area contributed by atoms with Crippen LogP contribution < -0.4 is 16.0 Å². The second kappa shape index (κ2) is 9.19. The molecule has 0 spiro atoms. The van der Waals surface area contributed by atoms with E-state index in [9.17, 15) is 9.59 Å². The van der Waals surface area contributed by atoms with Crippen LogP contribution in [0.2, 0.25) is 4.34 Å². The van der Waals surface area contributed by atoms with E-state index in [1.54, 1.807) is 17.0 Å². The fraction of sp³-hybridized carbons (Fsp3) is 0.286. The monoisotopic (exact) mass is 459 g/mol. The highest BCUT2D eigenvalue weighted by atomic mass is 35.5. The van der Waals surface area contributed by atoms with Crippen LogP contribution in [0, 0.1) is 6.92 Å². The smallest absolute Gasteiger partial charge is 0.261 e. The molecule has 8 nitrogen and oxygen atoms in total. The lowest BCUT2D eigenvalue weighted by molar-refractivity contribution is -0.125. The molecule has 0 radical (unpaired) electrons. The molecule has 1 aromatic carbocycles. The summed E-state index contributed by atoms with van der Waals surface area (Å²) in [6, 6.07) is 9.24. The van der Waals surface area contributed by atoms with Crippen LogP contribution >= 0.6 is 22.9 Å². The second-order valence-corrected chi connectivity index (χ2v) is 8.79. The van der Waals surface area contributed by atoms with Gasteiger partial charge in [-0.3, -0.25) is 9.59 Å². The molecular formula is C21H22ClN5O3S. The number of carbonyl (C=O) groups is 2. The summed E-state index contributed by atoms with van der Waals surface area (Å²) in [5.41, 5.74) is 9.32. The summed E-state index contributed by atoms with van der Waals surface area (Å²) in [7, 11) is 0. The third kappa shape index (κ3) is 4.64. The summed E-state index contributed by atoms with van der Waals surface area (Å²) in [5.74, 6) is 0.437. The van der Waals surface area contributed by atoms with Gasteiger partial charge < -0.3 is 25.3 Å². The van der Waals surface area contributed by atoms with Gasteiger partial charge in [0.1, 0.15) is 12.4 Å². The molecule has 1 aliphatic heterocycles. The molecule has 3 N–H and O–H groups in total. The Morgan fingerprint density at radius 2 is 2.19 bits per heavy atom. The van der Waals surface area contributed by atoms with Gasteiger partial charge in [0.05, 0.1) is 34.6 Å². The van der Waals surface area contributed by atoms with E-state index in [1.807, 2.05) is 35.9 Å². The summed E-state index contributed by atoms with van der Waals surface area (Å²) in [5, 5.41) is 2.85. The number of carbonyl (C=O) groups excluding carboxylic acids is 2. The fourth-order valence-electron chi connectivity index (χ4n) is 3.48. The van der Waals surface area contributed by atoms with Crippen molar-refractivity contribution in [3.8, 4) is 5.69 Å². The Kier molecular flexibility index (Phi) is 6.38. The highest BCUT2D eigenvalue weighted by Crippen LogP contribution is 2.25. The molecule has 2 amide bonds. The SMILES string of the molecule is Cc1cc(-n2cc(CNC(=O)c3ccc(Cl)s3)nc2CN)ccc1N1CCOCC1=O. The van der Waals surface area contributed by atoms with E-state index >= 15 is 0 Å². The number of imidazole rings is 1. The van der Waals surface area contributed by atoms with Crippen LogP contribution in [0.15, 0.2) is 36.5 Å². The minimum atomic E-state index is -0.198. The zero-order valence-corrected chi connectivity index (χ0v) is 18.5. The van der Waals surface area contributed by atoms with Gasteiger partial charge in [0.25, 0.3) is 11.8 Å². The summed E-state index contributed by atoms with van der Waals surface area (Å²) >= 11 is 7.12. The number of amides is 2. The Bertz CT molecular complexity index is 1130. The normalized spacial score (nSPS) is 14.2. The zero-order valence-electron chi connectivity index (χ0n) is 16.9. The van der Waals surface area contributed by atoms with Crippen LogP contribution in [0.4, 0.5) is 5.69 Å². The Labute approximate surface area is 188 Å². The predicted octanol–water partition coefficient (Wildman–Crippen LogP) is 2.65. The second-order valence-electron chi connectivity index (χ2n) is 7.08. The van der Waals surface area contributed by atoms with Gasteiger partial charge in [0, 0.05) is 24.1 Å². The number of morpholine rings is 1. The van der Waals surface area contributed by atoms with Gasteiger partial charge in [-0.2, -0.15) is 0 Å². The van der Waals surface area contributed by atoms with Gasteiger partial charge in [-0.25, -0.2) is 4.98 Å². The number of hydrogen-bond acceptors (Lipinski definition) is 6. The summed E-state index contributed by atoms with van der Waals surface area (Å²) < 4.78 is 7.69. The number of nitrogens with one attached hydrogen (secondary N) is 1. The number of halogens is 1. The molecule has 3 aromatic rings. The fourth-order valence-corrected chi connectivity index (χ4v) is 4.44. The number of hydrogen-bond donors (Lipinski definition) is 2. The Balaban J connectivity index is 1.52. The molecule has 10 heteroatoms. The van der Waals surface area contributed by atoms with Crippen molar-refractivity contribution in [1.82, 2.24) is 14.9 Å². The number of ether oxygens (including phenoxy) is 1. The lowest BCUT2D eigenvalue weighted by Gasteiger charge is -2.28. The number of nitrogens with two attached hydrogens (primary N) is 1. The van der Waals surface area contributed by atoms with Crippen molar-refractivity contribution >= 4 is 40.4 Å². The highest BCUT2D eigenvalue weighted by molar-refractivity contribution is 7.17. The molecule has 31 heavy (non-hydrogen) atoms. The lowest BCUT2D eigenvalue weighted by atomic mass is 10.1. The van der Waals surface area contributed by atoms with Gasteiger partial charge in [-0.15, -0.1) is 11.3 Å². The van der Waals surface area contributed by atoms with Crippen molar-refractivity contribution in [2.24, 2.45) is 5.73 Å². The summed E-state index contributed by atoms with van der Waals surface area (Å²) in [6.07, 6.45) is 1.86. The molecule has 0 bridgehead atoms. The van der Waals surface area contributed by atoms with Crippen molar-refractivity contribution in [3.05, 3.63) is 62.8 Å². The van der Waals surface area contributed by atoms with Crippen molar-refractivity contribution in [2.75, 3.05) is 24.7 Å². The first kappa shape index (κ1) is 21.5. The maximum absolute atomic E-state index is 12.3. The van der Waals surface area contributed by atoms with Crippen LogP contribution in [0.3, 0.4) is 0 Å². The van der Waals surface area contributed by atoms with Gasteiger partial charge >= 0.3 is 0 Å². The van der Waals surface area contributed by atoms with Crippen LogP contribution in [0.1, 0.15) is 26.8 Å². The van der Waals surface area contributed by atoms with Crippen molar-refractivity contribution in [3.63, 3.8) is 0 Å². The Hall–Kier alpha value is -2.72. The van der Waals surface area contributed by atoms with Gasteiger partial charge in [-0.05, 0) is 42.8 Å². The van der Waals surface area contributed by atoms with E-state index in [0.29, 0.717) is 33.9 Å². The van der Waals surface area contributed by atoms with E-state index in [-0.39, 0.29) is 31.5 Å². The molecule has 0 aliphatic carbocycles. The number of thiophene rings is 1. The summed E-state index contributed by atoms with van der Waals surface area (Å²) in [4.78, 5) is 31.3. The van der Waals surface area contributed by atoms with Crippen LogP contribution in [-0.2, 0) is 22.6 Å². The molecule has 4 rings (SSSR count). The molecule has 1 fully saturated rings. The van der Waals surface area contributed by atoms with Gasteiger partial charge in [0.2, 0.25) is 0 Å². The Morgan fingerprint density at radius 1 is 1.35 bits per heavy atom. The van der Waals surface area contributed by atoms with Crippen LogP contribution in [-0.4, -0.2) is 41.1 Å². The molecule has 0 saturated carbocycles. The minimum Gasteiger partial charge on any atom is -0.370 e. The van der Waals surface area contributed by atoms with E-state index in [0.717, 1.165) is 16.9 Å². The predicted molar refractivity (Wildman–Crippen MR) is 120 cm³/mol.